The summed E-state index contributed by atoms with van der Waals surface area (Å²) in [6, 6.07) is 5.40. The van der Waals surface area contributed by atoms with Crippen molar-refractivity contribution >= 4 is 25.8 Å². The molecule has 1 atom stereocenters. The van der Waals surface area contributed by atoms with Crippen molar-refractivity contribution in [2.45, 2.75) is 12.5 Å². The minimum Gasteiger partial charge on any atom is -0.496 e. The zero-order valence-corrected chi connectivity index (χ0v) is 12.1. The Labute approximate surface area is 110 Å². The lowest BCUT2D eigenvalue weighted by molar-refractivity contribution is 0.196. The summed E-state index contributed by atoms with van der Waals surface area (Å²) < 4.78 is 28.1. The number of aliphatic hydroxyl groups is 1. The molecule has 96 valence electrons. The summed E-state index contributed by atoms with van der Waals surface area (Å²) >= 11 is 3.32. The van der Waals surface area contributed by atoms with Crippen LogP contribution in [0.3, 0.4) is 0 Å². The van der Waals surface area contributed by atoms with Crippen LogP contribution in [0.25, 0.3) is 0 Å². The predicted octanol–water partition coefficient (Wildman–Crippen LogP) is 1.41. The number of methoxy groups -OCH3 is 1. The maximum absolute atomic E-state index is 11.1. The van der Waals surface area contributed by atoms with Crippen LogP contribution in [0.4, 0.5) is 0 Å². The summed E-state index contributed by atoms with van der Waals surface area (Å²) in [6.45, 7) is 0. The average molecular weight is 323 g/mol. The Morgan fingerprint density at radius 1 is 1.47 bits per heavy atom. The minimum absolute atomic E-state index is 0.246. The van der Waals surface area contributed by atoms with Gasteiger partial charge in [0.1, 0.15) is 15.6 Å². The summed E-state index contributed by atoms with van der Waals surface area (Å²) in [7, 11) is -1.64. The molecule has 0 fully saturated rings. The van der Waals surface area contributed by atoms with Gasteiger partial charge in [-0.2, -0.15) is 0 Å². The summed E-state index contributed by atoms with van der Waals surface area (Å²) in [5.74, 6) is 0.392. The van der Waals surface area contributed by atoms with Crippen LogP contribution in [0.15, 0.2) is 22.7 Å². The normalized spacial score (nSPS) is 13.4. The Kier molecular flexibility index (Phi) is 4.97. The lowest BCUT2D eigenvalue weighted by atomic mass is 10.1. The molecule has 0 spiro atoms. The second kappa shape index (κ2) is 5.84. The summed E-state index contributed by atoms with van der Waals surface area (Å²) in [4.78, 5) is 0. The Hall–Kier alpha value is -0.590. The van der Waals surface area contributed by atoms with Crippen molar-refractivity contribution in [3.8, 4) is 5.75 Å². The van der Waals surface area contributed by atoms with Crippen LogP contribution in [-0.4, -0.2) is 38.7 Å². The highest BCUT2D eigenvalue weighted by Crippen LogP contribution is 2.24. The van der Waals surface area contributed by atoms with Crippen LogP contribution in [0.5, 0.6) is 5.75 Å². The quantitative estimate of drug-likeness (QED) is 0.890. The second-order valence-electron chi connectivity index (χ2n) is 3.91. The van der Waals surface area contributed by atoms with Crippen LogP contribution in [-0.2, 0) is 16.3 Å². The number of ether oxygens (including phenoxy) is 1. The monoisotopic (exact) mass is 322 g/mol. The molecule has 1 unspecified atom stereocenters. The van der Waals surface area contributed by atoms with Crippen molar-refractivity contribution in [2.24, 2.45) is 0 Å². The van der Waals surface area contributed by atoms with Crippen molar-refractivity contribution in [3.63, 3.8) is 0 Å². The van der Waals surface area contributed by atoms with E-state index in [4.69, 9.17) is 4.74 Å². The molecule has 17 heavy (non-hydrogen) atoms. The van der Waals surface area contributed by atoms with Gasteiger partial charge in [0.2, 0.25) is 0 Å². The standard InChI is InChI=1S/C11H15BrO4S/c1-16-11-4-3-9(12)5-8(11)6-10(13)7-17(2,14)15/h3-5,10,13H,6-7H2,1-2H3. The lowest BCUT2D eigenvalue weighted by Gasteiger charge is -2.13. The van der Waals surface area contributed by atoms with E-state index in [1.807, 2.05) is 12.1 Å². The van der Waals surface area contributed by atoms with Crippen LogP contribution in [0.2, 0.25) is 0 Å². The number of benzene rings is 1. The van der Waals surface area contributed by atoms with E-state index in [1.54, 1.807) is 6.07 Å². The van der Waals surface area contributed by atoms with E-state index in [1.165, 1.54) is 7.11 Å². The Balaban J connectivity index is 2.83. The van der Waals surface area contributed by atoms with Crippen molar-refractivity contribution < 1.29 is 18.3 Å². The van der Waals surface area contributed by atoms with Crippen molar-refractivity contribution in [1.29, 1.82) is 0 Å². The molecule has 6 heteroatoms. The van der Waals surface area contributed by atoms with Gasteiger partial charge in [0.05, 0.1) is 19.0 Å². The topological polar surface area (TPSA) is 63.6 Å². The van der Waals surface area contributed by atoms with Gasteiger partial charge in [-0.3, -0.25) is 0 Å². The zero-order chi connectivity index (χ0) is 13.1. The van der Waals surface area contributed by atoms with E-state index in [2.05, 4.69) is 15.9 Å². The first-order valence-corrected chi connectivity index (χ1v) is 7.85. The van der Waals surface area contributed by atoms with E-state index in [0.717, 1.165) is 16.3 Å². The lowest BCUT2D eigenvalue weighted by Crippen LogP contribution is -2.22. The van der Waals surface area contributed by atoms with Gasteiger partial charge in [0.15, 0.2) is 0 Å². The molecule has 0 aliphatic rings. The average Bonchev–Trinajstić information content (AvgIpc) is 2.14. The zero-order valence-electron chi connectivity index (χ0n) is 9.68. The smallest absolute Gasteiger partial charge is 0.150 e. The first-order valence-electron chi connectivity index (χ1n) is 5.00. The van der Waals surface area contributed by atoms with Crippen LogP contribution >= 0.6 is 15.9 Å². The van der Waals surface area contributed by atoms with Crippen LogP contribution in [0.1, 0.15) is 5.56 Å². The SMILES string of the molecule is COc1ccc(Br)cc1CC(O)CS(C)(=O)=O. The van der Waals surface area contributed by atoms with Gasteiger partial charge in [-0.15, -0.1) is 0 Å². The molecule has 1 N–H and O–H groups in total. The van der Waals surface area contributed by atoms with Gasteiger partial charge >= 0.3 is 0 Å². The van der Waals surface area contributed by atoms with Gasteiger partial charge in [-0.05, 0) is 23.8 Å². The van der Waals surface area contributed by atoms with Crippen LogP contribution in [0, 0.1) is 0 Å². The highest BCUT2D eigenvalue weighted by atomic mass is 79.9. The van der Waals surface area contributed by atoms with Gasteiger partial charge in [-0.25, -0.2) is 8.42 Å². The maximum Gasteiger partial charge on any atom is 0.150 e. The Bertz CT molecular complexity index is 484. The summed E-state index contributed by atoms with van der Waals surface area (Å²) in [6.07, 6.45) is 0.428. The third-order valence-electron chi connectivity index (χ3n) is 2.19. The number of hydrogen-bond donors (Lipinski definition) is 1. The van der Waals surface area contributed by atoms with Gasteiger partial charge in [-0.1, -0.05) is 15.9 Å². The van der Waals surface area contributed by atoms with Gasteiger partial charge in [0, 0.05) is 17.1 Å². The fourth-order valence-corrected chi connectivity index (χ4v) is 2.79. The predicted molar refractivity (Wildman–Crippen MR) is 70.1 cm³/mol. The summed E-state index contributed by atoms with van der Waals surface area (Å²) in [5, 5.41) is 9.70. The van der Waals surface area contributed by atoms with E-state index >= 15 is 0 Å². The molecule has 0 aromatic heterocycles. The maximum atomic E-state index is 11.1. The molecule has 0 heterocycles. The fraction of sp³-hybridized carbons (Fsp3) is 0.455. The van der Waals surface area contributed by atoms with Gasteiger partial charge in [0.25, 0.3) is 0 Å². The molecule has 0 saturated carbocycles. The van der Waals surface area contributed by atoms with Crippen LogP contribution < -0.4 is 4.74 Å². The first-order chi connectivity index (χ1) is 7.81. The van der Waals surface area contributed by atoms with E-state index in [0.29, 0.717) is 5.75 Å². The minimum atomic E-state index is -3.18. The third kappa shape index (κ3) is 5.06. The fourth-order valence-electron chi connectivity index (χ4n) is 1.57. The number of halogens is 1. The van der Waals surface area contributed by atoms with E-state index < -0.39 is 15.9 Å². The molecule has 1 aromatic carbocycles. The van der Waals surface area contributed by atoms with E-state index in [-0.39, 0.29) is 12.2 Å². The second-order valence-corrected chi connectivity index (χ2v) is 7.01. The molecule has 0 radical (unpaired) electrons. The van der Waals surface area contributed by atoms with Crippen molar-refractivity contribution in [1.82, 2.24) is 0 Å². The Morgan fingerprint density at radius 2 is 2.12 bits per heavy atom. The highest BCUT2D eigenvalue weighted by molar-refractivity contribution is 9.10. The molecule has 0 bridgehead atoms. The summed E-state index contributed by atoms with van der Waals surface area (Å²) in [5.41, 5.74) is 0.776. The highest BCUT2D eigenvalue weighted by Gasteiger charge is 2.15. The molecular formula is C11H15BrO4S. The third-order valence-corrected chi connectivity index (χ3v) is 3.68. The number of aliphatic hydroxyl groups excluding tert-OH is 1. The molecule has 0 aliphatic heterocycles. The number of sulfone groups is 1. The molecule has 0 aliphatic carbocycles. The molecule has 0 saturated heterocycles. The molecular weight excluding hydrogens is 308 g/mol. The molecule has 1 rings (SSSR count). The molecule has 1 aromatic rings. The first kappa shape index (κ1) is 14.5. The largest absolute Gasteiger partial charge is 0.496 e. The van der Waals surface area contributed by atoms with Gasteiger partial charge < -0.3 is 9.84 Å². The number of hydrogen-bond acceptors (Lipinski definition) is 4. The Morgan fingerprint density at radius 3 is 2.65 bits per heavy atom. The van der Waals surface area contributed by atoms with Crippen molar-refractivity contribution in [2.75, 3.05) is 19.1 Å². The van der Waals surface area contributed by atoms with Crippen molar-refractivity contribution in [3.05, 3.63) is 28.2 Å². The molecule has 4 nitrogen and oxygen atoms in total. The number of rotatable bonds is 5. The molecule has 0 amide bonds. The van der Waals surface area contributed by atoms with E-state index in [9.17, 15) is 13.5 Å².